The van der Waals surface area contributed by atoms with Crippen molar-refractivity contribution in [1.29, 1.82) is 0 Å². The maximum absolute atomic E-state index is 5.50. The second kappa shape index (κ2) is 7.20. The quantitative estimate of drug-likeness (QED) is 0.718. The van der Waals surface area contributed by atoms with E-state index in [0.717, 1.165) is 25.6 Å². The molecule has 1 heterocycles. The highest BCUT2D eigenvalue weighted by atomic mass is 15.1. The number of nitrogens with two attached hydrogens (primary N) is 1. The van der Waals surface area contributed by atoms with Crippen LogP contribution in [0.3, 0.4) is 0 Å². The van der Waals surface area contributed by atoms with Crippen LogP contribution in [0.4, 0.5) is 0 Å². The lowest BCUT2D eigenvalue weighted by atomic mass is 10.00. The summed E-state index contributed by atoms with van der Waals surface area (Å²) in [6, 6.07) is 0.819. The molecule has 1 atom stereocenters. The van der Waals surface area contributed by atoms with Crippen LogP contribution >= 0.6 is 0 Å². The molecule has 0 aromatic rings. The largest absolute Gasteiger partial charge is 0.330 e. The summed E-state index contributed by atoms with van der Waals surface area (Å²) < 4.78 is 0. The molecule has 90 valence electrons. The Balaban J connectivity index is 2.11. The molecule has 0 aromatic heterocycles. The highest BCUT2D eigenvalue weighted by Crippen LogP contribution is 2.17. The van der Waals surface area contributed by atoms with Gasteiger partial charge >= 0.3 is 0 Å². The standard InChI is InChI=1S/C12H27N3/c1-14(9-5-8-13)11-7-12-6-3-4-10-15(12)2/h12H,3-11,13H2,1-2H3. The van der Waals surface area contributed by atoms with Gasteiger partial charge in [0.2, 0.25) is 0 Å². The third-order valence-electron chi connectivity index (χ3n) is 3.51. The third-order valence-corrected chi connectivity index (χ3v) is 3.51. The normalized spacial score (nSPS) is 23.6. The Bertz CT molecular complexity index is 161. The lowest BCUT2D eigenvalue weighted by Gasteiger charge is -2.33. The molecule has 0 radical (unpaired) electrons. The molecular weight excluding hydrogens is 186 g/mol. The molecule has 1 aliphatic rings. The number of rotatable bonds is 6. The number of hydrogen-bond donors (Lipinski definition) is 1. The van der Waals surface area contributed by atoms with Gasteiger partial charge in [0.05, 0.1) is 0 Å². The Hall–Kier alpha value is -0.120. The summed E-state index contributed by atoms with van der Waals surface area (Å²) in [5.41, 5.74) is 5.50. The fourth-order valence-corrected chi connectivity index (χ4v) is 2.35. The fraction of sp³-hybridized carbons (Fsp3) is 1.00. The van der Waals surface area contributed by atoms with E-state index >= 15 is 0 Å². The van der Waals surface area contributed by atoms with Gasteiger partial charge in [-0.3, -0.25) is 0 Å². The van der Waals surface area contributed by atoms with Gasteiger partial charge in [-0.15, -0.1) is 0 Å². The average Bonchev–Trinajstić information content (AvgIpc) is 2.25. The van der Waals surface area contributed by atoms with E-state index in [2.05, 4.69) is 23.9 Å². The zero-order chi connectivity index (χ0) is 11.1. The lowest BCUT2D eigenvalue weighted by molar-refractivity contribution is 0.160. The first kappa shape index (κ1) is 12.9. The fourth-order valence-electron chi connectivity index (χ4n) is 2.35. The van der Waals surface area contributed by atoms with Crippen molar-refractivity contribution in [3.63, 3.8) is 0 Å². The highest BCUT2D eigenvalue weighted by molar-refractivity contribution is 4.75. The van der Waals surface area contributed by atoms with E-state index in [-0.39, 0.29) is 0 Å². The number of hydrogen-bond acceptors (Lipinski definition) is 3. The molecule has 1 saturated heterocycles. The van der Waals surface area contributed by atoms with Gasteiger partial charge in [0.15, 0.2) is 0 Å². The van der Waals surface area contributed by atoms with Crippen LogP contribution < -0.4 is 5.73 Å². The molecule has 1 rings (SSSR count). The van der Waals surface area contributed by atoms with Crippen LogP contribution in [0.5, 0.6) is 0 Å². The maximum Gasteiger partial charge on any atom is 0.0104 e. The molecule has 0 saturated carbocycles. The minimum atomic E-state index is 0.813. The molecular formula is C12H27N3. The van der Waals surface area contributed by atoms with E-state index in [9.17, 15) is 0 Å². The van der Waals surface area contributed by atoms with Gasteiger partial charge in [0.1, 0.15) is 0 Å². The first-order valence-electron chi connectivity index (χ1n) is 6.33. The van der Waals surface area contributed by atoms with E-state index in [4.69, 9.17) is 5.73 Å². The van der Waals surface area contributed by atoms with Crippen molar-refractivity contribution in [2.24, 2.45) is 5.73 Å². The Kier molecular flexibility index (Phi) is 6.22. The minimum absolute atomic E-state index is 0.813. The number of likely N-dealkylation sites (tertiary alicyclic amines) is 1. The van der Waals surface area contributed by atoms with Gasteiger partial charge < -0.3 is 15.5 Å². The van der Waals surface area contributed by atoms with Crippen molar-refractivity contribution in [3.8, 4) is 0 Å². The Morgan fingerprint density at radius 3 is 2.80 bits per heavy atom. The monoisotopic (exact) mass is 213 g/mol. The van der Waals surface area contributed by atoms with Gasteiger partial charge in [0.25, 0.3) is 0 Å². The predicted octanol–water partition coefficient (Wildman–Crippen LogP) is 1.14. The molecule has 2 N–H and O–H groups in total. The molecule has 1 aliphatic heterocycles. The van der Waals surface area contributed by atoms with Crippen LogP contribution in [0.2, 0.25) is 0 Å². The Morgan fingerprint density at radius 2 is 2.13 bits per heavy atom. The smallest absolute Gasteiger partial charge is 0.0104 e. The predicted molar refractivity (Wildman–Crippen MR) is 66.1 cm³/mol. The molecule has 1 unspecified atom stereocenters. The van der Waals surface area contributed by atoms with Crippen molar-refractivity contribution < 1.29 is 0 Å². The van der Waals surface area contributed by atoms with Crippen molar-refractivity contribution >= 4 is 0 Å². The maximum atomic E-state index is 5.50. The molecule has 0 aliphatic carbocycles. The van der Waals surface area contributed by atoms with Crippen LogP contribution in [0, 0.1) is 0 Å². The van der Waals surface area contributed by atoms with Crippen LogP contribution in [0.25, 0.3) is 0 Å². The first-order valence-corrected chi connectivity index (χ1v) is 6.33. The summed E-state index contributed by atoms with van der Waals surface area (Å²) >= 11 is 0. The molecule has 0 aromatic carbocycles. The van der Waals surface area contributed by atoms with Crippen molar-refractivity contribution in [1.82, 2.24) is 9.80 Å². The van der Waals surface area contributed by atoms with Crippen LogP contribution in [-0.4, -0.2) is 56.1 Å². The topological polar surface area (TPSA) is 32.5 Å². The molecule has 0 bridgehead atoms. The van der Waals surface area contributed by atoms with E-state index < -0.39 is 0 Å². The van der Waals surface area contributed by atoms with Gasteiger partial charge in [-0.1, -0.05) is 6.42 Å². The second-order valence-electron chi connectivity index (χ2n) is 4.86. The third kappa shape index (κ3) is 4.96. The van der Waals surface area contributed by atoms with Crippen LogP contribution in [-0.2, 0) is 0 Å². The number of nitrogens with zero attached hydrogens (tertiary/aromatic N) is 2. The van der Waals surface area contributed by atoms with E-state index in [1.54, 1.807) is 0 Å². The second-order valence-corrected chi connectivity index (χ2v) is 4.86. The Labute approximate surface area is 94.6 Å². The average molecular weight is 213 g/mol. The SMILES string of the molecule is CN(CCCN)CCC1CCCCN1C. The number of piperidine rings is 1. The minimum Gasteiger partial charge on any atom is -0.330 e. The van der Waals surface area contributed by atoms with Crippen LogP contribution in [0.1, 0.15) is 32.1 Å². The zero-order valence-corrected chi connectivity index (χ0v) is 10.4. The van der Waals surface area contributed by atoms with E-state index in [0.29, 0.717) is 0 Å². The van der Waals surface area contributed by atoms with Gasteiger partial charge in [-0.2, -0.15) is 0 Å². The van der Waals surface area contributed by atoms with E-state index in [1.165, 1.54) is 38.8 Å². The van der Waals surface area contributed by atoms with Gasteiger partial charge in [0, 0.05) is 6.04 Å². The first-order chi connectivity index (χ1) is 7.24. The summed E-state index contributed by atoms with van der Waals surface area (Å²) in [6.07, 6.45) is 6.63. The van der Waals surface area contributed by atoms with Crippen molar-refractivity contribution in [3.05, 3.63) is 0 Å². The summed E-state index contributed by atoms with van der Waals surface area (Å²) in [5, 5.41) is 0. The summed E-state index contributed by atoms with van der Waals surface area (Å²) in [6.45, 7) is 4.47. The summed E-state index contributed by atoms with van der Waals surface area (Å²) in [7, 11) is 4.47. The van der Waals surface area contributed by atoms with Crippen molar-refractivity contribution in [2.45, 2.75) is 38.1 Å². The molecule has 0 spiro atoms. The van der Waals surface area contributed by atoms with Crippen LogP contribution in [0.15, 0.2) is 0 Å². The van der Waals surface area contributed by atoms with Crippen molar-refractivity contribution in [2.75, 3.05) is 40.3 Å². The lowest BCUT2D eigenvalue weighted by Crippen LogP contribution is -2.38. The van der Waals surface area contributed by atoms with Gasteiger partial charge in [-0.25, -0.2) is 0 Å². The van der Waals surface area contributed by atoms with E-state index in [1.807, 2.05) is 0 Å². The summed E-state index contributed by atoms with van der Waals surface area (Å²) in [5.74, 6) is 0. The zero-order valence-electron chi connectivity index (χ0n) is 10.4. The molecule has 3 nitrogen and oxygen atoms in total. The Morgan fingerprint density at radius 1 is 1.33 bits per heavy atom. The van der Waals surface area contributed by atoms with Gasteiger partial charge in [-0.05, 0) is 66.0 Å². The highest BCUT2D eigenvalue weighted by Gasteiger charge is 2.18. The summed E-state index contributed by atoms with van der Waals surface area (Å²) in [4.78, 5) is 4.94. The molecule has 1 fully saturated rings. The molecule has 0 amide bonds. The molecule has 15 heavy (non-hydrogen) atoms. The molecule has 3 heteroatoms.